The van der Waals surface area contributed by atoms with Crippen LogP contribution in [0.4, 0.5) is 5.69 Å². The van der Waals surface area contributed by atoms with E-state index in [1.54, 1.807) is 0 Å². The van der Waals surface area contributed by atoms with E-state index in [2.05, 4.69) is 163 Å². The van der Waals surface area contributed by atoms with E-state index in [9.17, 15) is 0 Å². The average molecular weight is 701 g/mol. The van der Waals surface area contributed by atoms with Gasteiger partial charge in [0.2, 0.25) is 0 Å². The van der Waals surface area contributed by atoms with E-state index in [0.29, 0.717) is 23.2 Å². The van der Waals surface area contributed by atoms with Crippen LogP contribution in [-0.4, -0.2) is 15.0 Å². The first-order valence-corrected chi connectivity index (χ1v) is 18.4. The molecule has 1 aromatic heterocycles. The molecule has 0 bridgehead atoms. The fraction of sp³-hybridized carbons (Fsp3) is 0.0196. The number of benzene rings is 8. The molecule has 0 unspecified atom stereocenters. The van der Waals surface area contributed by atoms with Gasteiger partial charge in [0.25, 0.3) is 0 Å². The van der Waals surface area contributed by atoms with Crippen LogP contribution in [0, 0.1) is 6.57 Å². The minimum atomic E-state index is -0.555. The monoisotopic (exact) mass is 700 g/mol. The molecule has 9 aromatic rings. The maximum absolute atomic E-state index is 7.93. The van der Waals surface area contributed by atoms with Crippen molar-refractivity contribution in [3.05, 3.63) is 228 Å². The summed E-state index contributed by atoms with van der Waals surface area (Å²) in [6.07, 6.45) is 0. The third kappa shape index (κ3) is 5.25. The van der Waals surface area contributed by atoms with Gasteiger partial charge >= 0.3 is 0 Å². The second-order valence-corrected chi connectivity index (χ2v) is 13.8. The Hall–Kier alpha value is -7.48. The van der Waals surface area contributed by atoms with E-state index < -0.39 is 5.41 Å². The van der Waals surface area contributed by atoms with Crippen molar-refractivity contribution in [3.63, 3.8) is 0 Å². The molecule has 0 fully saturated rings. The average Bonchev–Trinajstić information content (AvgIpc) is 3.57. The molecule has 1 aliphatic carbocycles. The molecule has 0 radical (unpaired) electrons. The molecule has 0 saturated heterocycles. The molecule has 0 spiro atoms. The summed E-state index contributed by atoms with van der Waals surface area (Å²) in [5, 5.41) is 2.23. The molecule has 0 aliphatic heterocycles. The van der Waals surface area contributed by atoms with Gasteiger partial charge in [0.15, 0.2) is 23.2 Å². The Labute approximate surface area is 319 Å². The Morgan fingerprint density at radius 3 is 1.64 bits per heavy atom. The van der Waals surface area contributed by atoms with Gasteiger partial charge in [0.05, 0.1) is 12.0 Å². The van der Waals surface area contributed by atoms with E-state index in [4.69, 9.17) is 21.5 Å². The SMILES string of the molecule is [C-]#[N+]c1ccc2c(c1)-c1c(-c3ccc(-c4nc(-c5ccccc5)nc(-c5cccc6ccccc56)n4)cc3)cccc1C2(c1ccccc1)c1ccccc1. The maximum Gasteiger partial charge on any atom is 0.187 e. The van der Waals surface area contributed by atoms with Crippen molar-refractivity contribution in [1.29, 1.82) is 0 Å². The summed E-state index contributed by atoms with van der Waals surface area (Å²) in [7, 11) is 0. The first-order chi connectivity index (χ1) is 27.2. The third-order valence-corrected chi connectivity index (χ3v) is 10.8. The minimum Gasteiger partial charge on any atom is -0.238 e. The summed E-state index contributed by atoms with van der Waals surface area (Å²) in [4.78, 5) is 19.0. The molecule has 0 atom stereocenters. The Bertz CT molecular complexity index is 2870. The van der Waals surface area contributed by atoms with Gasteiger partial charge in [-0.3, -0.25) is 0 Å². The third-order valence-electron chi connectivity index (χ3n) is 10.8. The predicted molar refractivity (Wildman–Crippen MR) is 223 cm³/mol. The molecule has 10 rings (SSSR count). The normalized spacial score (nSPS) is 12.5. The minimum absolute atomic E-state index is 0.555. The zero-order valence-corrected chi connectivity index (χ0v) is 29.8. The van der Waals surface area contributed by atoms with E-state index >= 15 is 0 Å². The van der Waals surface area contributed by atoms with Crippen LogP contribution < -0.4 is 0 Å². The Balaban J connectivity index is 1.15. The van der Waals surface area contributed by atoms with Crippen molar-refractivity contribution in [2.75, 3.05) is 0 Å². The molecule has 4 heteroatoms. The Morgan fingerprint density at radius 2 is 0.945 bits per heavy atom. The van der Waals surface area contributed by atoms with Crippen LogP contribution in [-0.2, 0) is 5.41 Å². The summed E-state index contributed by atoms with van der Waals surface area (Å²) >= 11 is 0. The number of hydrogen-bond acceptors (Lipinski definition) is 3. The van der Waals surface area contributed by atoms with Gasteiger partial charge in [-0.1, -0.05) is 188 Å². The van der Waals surface area contributed by atoms with Crippen LogP contribution in [0.25, 0.3) is 72.0 Å². The smallest absolute Gasteiger partial charge is 0.187 e. The molecular weight excluding hydrogens is 669 g/mol. The molecule has 1 aliphatic rings. The summed E-state index contributed by atoms with van der Waals surface area (Å²) in [6.45, 7) is 7.93. The van der Waals surface area contributed by atoms with Crippen LogP contribution in [0.5, 0.6) is 0 Å². The summed E-state index contributed by atoms with van der Waals surface area (Å²) in [5.74, 6) is 1.88. The van der Waals surface area contributed by atoms with E-state index in [-0.39, 0.29) is 0 Å². The van der Waals surface area contributed by atoms with Crippen molar-refractivity contribution in [2.45, 2.75) is 5.41 Å². The Kier molecular flexibility index (Phi) is 7.71. The van der Waals surface area contributed by atoms with Crippen LogP contribution in [0.2, 0.25) is 0 Å². The van der Waals surface area contributed by atoms with E-state index in [0.717, 1.165) is 49.7 Å². The van der Waals surface area contributed by atoms with E-state index in [1.165, 1.54) is 22.3 Å². The molecular formula is C51H32N4. The zero-order chi connectivity index (χ0) is 36.8. The van der Waals surface area contributed by atoms with Crippen LogP contribution in [0.15, 0.2) is 194 Å². The first-order valence-electron chi connectivity index (χ1n) is 18.4. The van der Waals surface area contributed by atoms with Crippen molar-refractivity contribution in [3.8, 4) is 56.4 Å². The van der Waals surface area contributed by atoms with Gasteiger partial charge < -0.3 is 0 Å². The van der Waals surface area contributed by atoms with Crippen LogP contribution in [0.1, 0.15) is 22.3 Å². The molecule has 8 aromatic carbocycles. The van der Waals surface area contributed by atoms with Gasteiger partial charge in [-0.05, 0) is 61.3 Å². The lowest BCUT2D eigenvalue weighted by atomic mass is 9.67. The Morgan fingerprint density at radius 1 is 0.400 bits per heavy atom. The lowest BCUT2D eigenvalue weighted by molar-refractivity contribution is 0.769. The summed E-state index contributed by atoms with van der Waals surface area (Å²) < 4.78 is 0. The van der Waals surface area contributed by atoms with Crippen molar-refractivity contribution in [1.82, 2.24) is 15.0 Å². The predicted octanol–water partition coefficient (Wildman–Crippen LogP) is 12.6. The topological polar surface area (TPSA) is 43.0 Å². The molecule has 0 amide bonds. The lowest BCUT2D eigenvalue weighted by Crippen LogP contribution is -2.28. The largest absolute Gasteiger partial charge is 0.238 e. The van der Waals surface area contributed by atoms with Gasteiger partial charge in [-0.15, -0.1) is 0 Å². The second-order valence-electron chi connectivity index (χ2n) is 13.8. The van der Waals surface area contributed by atoms with Gasteiger partial charge in [-0.2, -0.15) is 0 Å². The fourth-order valence-corrected chi connectivity index (χ4v) is 8.40. The number of rotatable bonds is 6. The summed E-state index contributed by atoms with van der Waals surface area (Å²) in [5.41, 5.74) is 12.0. The second kappa shape index (κ2) is 13.2. The van der Waals surface area contributed by atoms with Gasteiger partial charge in [-0.25, -0.2) is 19.8 Å². The number of hydrogen-bond donors (Lipinski definition) is 0. The molecule has 256 valence electrons. The maximum atomic E-state index is 7.93. The number of fused-ring (bicyclic) bond motifs is 4. The van der Waals surface area contributed by atoms with E-state index in [1.807, 2.05) is 36.4 Å². The highest BCUT2D eigenvalue weighted by Gasteiger charge is 2.46. The molecule has 0 saturated carbocycles. The van der Waals surface area contributed by atoms with Crippen LogP contribution in [0.3, 0.4) is 0 Å². The molecule has 1 heterocycles. The highest BCUT2D eigenvalue weighted by Crippen LogP contribution is 2.58. The quantitative estimate of drug-likeness (QED) is 0.162. The lowest BCUT2D eigenvalue weighted by Gasteiger charge is -2.34. The van der Waals surface area contributed by atoms with Crippen molar-refractivity contribution in [2.24, 2.45) is 0 Å². The molecule has 4 nitrogen and oxygen atoms in total. The molecule has 55 heavy (non-hydrogen) atoms. The van der Waals surface area contributed by atoms with Crippen LogP contribution >= 0.6 is 0 Å². The molecule has 0 N–H and O–H groups in total. The van der Waals surface area contributed by atoms with Gasteiger partial charge in [0, 0.05) is 16.7 Å². The zero-order valence-electron chi connectivity index (χ0n) is 29.8. The highest BCUT2D eigenvalue weighted by molar-refractivity contribution is 5.97. The van der Waals surface area contributed by atoms with Crippen molar-refractivity contribution >= 4 is 16.5 Å². The number of nitrogens with zero attached hydrogens (tertiary/aromatic N) is 4. The summed E-state index contributed by atoms with van der Waals surface area (Å²) in [6, 6.07) is 67.5. The number of aromatic nitrogens is 3. The van der Waals surface area contributed by atoms with Gasteiger partial charge in [0.1, 0.15) is 0 Å². The fourth-order valence-electron chi connectivity index (χ4n) is 8.40. The first kappa shape index (κ1) is 32.2. The standard InChI is InChI=1S/C51H32N4/c1-52-40-31-32-45-44(33-40)47-42(24-14-26-46(47)51(45,38-19-7-3-8-20-38)39-21-9-4-10-22-39)35-27-29-37(30-28-35)49-53-48(36-16-5-2-6-17-36)54-50(55-49)43-25-13-18-34-15-11-12-23-41(34)43/h2-33H. The van der Waals surface area contributed by atoms with Crippen molar-refractivity contribution < 1.29 is 0 Å². The highest BCUT2D eigenvalue weighted by atomic mass is 15.0.